The van der Waals surface area contributed by atoms with Crippen LogP contribution < -0.4 is 10.6 Å². The molecular formula is C14H21N3O3. The van der Waals surface area contributed by atoms with Crippen LogP contribution in [-0.2, 0) is 11.3 Å². The molecule has 2 amide bonds. The first-order valence-corrected chi connectivity index (χ1v) is 6.38. The molecule has 3 N–H and O–H groups in total. The van der Waals surface area contributed by atoms with Gasteiger partial charge >= 0.3 is 12.0 Å². The highest BCUT2D eigenvalue weighted by Crippen LogP contribution is 2.19. The fourth-order valence-corrected chi connectivity index (χ4v) is 1.71. The van der Waals surface area contributed by atoms with Gasteiger partial charge in [-0.05, 0) is 29.5 Å². The third-order valence-electron chi connectivity index (χ3n) is 2.96. The van der Waals surface area contributed by atoms with Crippen molar-refractivity contribution in [1.29, 1.82) is 0 Å². The summed E-state index contributed by atoms with van der Waals surface area (Å²) in [6, 6.07) is 0.373. The van der Waals surface area contributed by atoms with Gasteiger partial charge in [0.1, 0.15) is 6.04 Å². The Hall–Kier alpha value is -2.11. The molecule has 20 heavy (non-hydrogen) atoms. The third kappa shape index (κ3) is 4.53. The number of carbonyl (C=O) groups is 2. The molecule has 0 saturated heterocycles. The lowest BCUT2D eigenvalue weighted by molar-refractivity contribution is -0.141. The maximum Gasteiger partial charge on any atom is 0.326 e. The van der Waals surface area contributed by atoms with Gasteiger partial charge in [0.05, 0.1) is 0 Å². The summed E-state index contributed by atoms with van der Waals surface area (Å²) in [7, 11) is 0. The molecule has 1 aromatic rings. The summed E-state index contributed by atoms with van der Waals surface area (Å²) in [4.78, 5) is 26.9. The number of nitrogens with one attached hydrogen (secondary N) is 2. The highest BCUT2D eigenvalue weighted by molar-refractivity contribution is 5.83. The van der Waals surface area contributed by atoms with E-state index < -0.39 is 23.5 Å². The topological polar surface area (TPSA) is 91.3 Å². The Morgan fingerprint density at radius 2 is 2.05 bits per heavy atom. The van der Waals surface area contributed by atoms with E-state index in [0.29, 0.717) is 6.54 Å². The second kappa shape index (κ2) is 6.36. The highest BCUT2D eigenvalue weighted by atomic mass is 16.4. The average molecular weight is 279 g/mol. The number of aromatic nitrogens is 1. The molecule has 0 saturated carbocycles. The second-order valence-electron chi connectivity index (χ2n) is 5.77. The molecular weight excluding hydrogens is 258 g/mol. The first-order valence-electron chi connectivity index (χ1n) is 6.38. The van der Waals surface area contributed by atoms with Crippen molar-refractivity contribution in [2.24, 2.45) is 5.41 Å². The van der Waals surface area contributed by atoms with Crippen molar-refractivity contribution >= 4 is 12.0 Å². The van der Waals surface area contributed by atoms with Gasteiger partial charge in [-0.1, -0.05) is 20.8 Å². The van der Waals surface area contributed by atoms with E-state index in [0.717, 1.165) is 11.1 Å². The van der Waals surface area contributed by atoms with Crippen LogP contribution in [0.2, 0.25) is 0 Å². The highest BCUT2D eigenvalue weighted by Gasteiger charge is 2.32. The number of carboxylic acid groups (broad SMARTS) is 1. The molecule has 0 aromatic carbocycles. The summed E-state index contributed by atoms with van der Waals surface area (Å²) >= 11 is 0. The molecule has 0 bridgehead atoms. The Balaban J connectivity index is 2.60. The van der Waals surface area contributed by atoms with Crippen LogP contribution in [0.4, 0.5) is 4.79 Å². The standard InChI is InChI=1S/C14H21N3O3/c1-9-7-15-6-5-10(9)8-16-13(20)17-11(12(18)19)14(2,3)4/h5-7,11H,8H2,1-4H3,(H,18,19)(H2,16,17,20)/t11-/m0/s1. The summed E-state index contributed by atoms with van der Waals surface area (Å²) in [5.41, 5.74) is 1.35. The summed E-state index contributed by atoms with van der Waals surface area (Å²) in [6.07, 6.45) is 3.36. The number of nitrogens with zero attached hydrogens (tertiary/aromatic N) is 1. The van der Waals surface area contributed by atoms with Crippen LogP contribution in [0.3, 0.4) is 0 Å². The van der Waals surface area contributed by atoms with Crippen LogP contribution in [0.25, 0.3) is 0 Å². The maximum atomic E-state index is 11.8. The molecule has 0 unspecified atom stereocenters. The molecule has 1 rings (SSSR count). The number of carbonyl (C=O) groups excluding carboxylic acids is 1. The minimum Gasteiger partial charge on any atom is -0.480 e. The van der Waals surface area contributed by atoms with Crippen molar-refractivity contribution in [3.05, 3.63) is 29.6 Å². The minimum absolute atomic E-state index is 0.330. The predicted molar refractivity (Wildman–Crippen MR) is 75.2 cm³/mol. The largest absolute Gasteiger partial charge is 0.480 e. The molecule has 6 nitrogen and oxygen atoms in total. The van der Waals surface area contributed by atoms with Crippen LogP contribution >= 0.6 is 0 Å². The van der Waals surface area contributed by atoms with Crippen LogP contribution in [0.1, 0.15) is 31.9 Å². The van der Waals surface area contributed by atoms with E-state index in [9.17, 15) is 9.59 Å². The molecule has 6 heteroatoms. The first-order chi connectivity index (χ1) is 9.21. The van der Waals surface area contributed by atoms with E-state index >= 15 is 0 Å². The van der Waals surface area contributed by atoms with E-state index in [1.165, 1.54) is 0 Å². The smallest absolute Gasteiger partial charge is 0.326 e. The molecule has 0 radical (unpaired) electrons. The van der Waals surface area contributed by atoms with Crippen molar-refractivity contribution in [2.45, 2.75) is 40.3 Å². The van der Waals surface area contributed by atoms with Crippen LogP contribution in [0.15, 0.2) is 18.5 Å². The number of hydrogen-bond donors (Lipinski definition) is 3. The van der Waals surface area contributed by atoms with Crippen LogP contribution in [0, 0.1) is 12.3 Å². The van der Waals surface area contributed by atoms with Gasteiger partial charge in [0.15, 0.2) is 0 Å². The summed E-state index contributed by atoms with van der Waals surface area (Å²) in [5.74, 6) is -1.05. The van der Waals surface area contributed by atoms with Crippen molar-refractivity contribution in [2.75, 3.05) is 0 Å². The zero-order valence-electron chi connectivity index (χ0n) is 12.2. The monoisotopic (exact) mass is 279 g/mol. The van der Waals surface area contributed by atoms with Gasteiger partial charge in [-0.15, -0.1) is 0 Å². The van der Waals surface area contributed by atoms with Gasteiger partial charge in [-0.2, -0.15) is 0 Å². The lowest BCUT2D eigenvalue weighted by Gasteiger charge is -2.27. The number of urea groups is 1. The minimum atomic E-state index is -1.05. The molecule has 1 aromatic heterocycles. The molecule has 110 valence electrons. The number of pyridine rings is 1. The zero-order chi connectivity index (χ0) is 15.3. The molecule has 1 atom stereocenters. The molecule has 0 spiro atoms. The van der Waals surface area contributed by atoms with Gasteiger partial charge in [0, 0.05) is 18.9 Å². The molecule has 1 heterocycles. The Labute approximate surface area is 118 Å². The Bertz CT molecular complexity index is 495. The molecule has 0 fully saturated rings. The number of hydrogen-bond acceptors (Lipinski definition) is 3. The van der Waals surface area contributed by atoms with E-state index in [-0.39, 0.29) is 0 Å². The van der Waals surface area contributed by atoms with Gasteiger partial charge in [0.25, 0.3) is 0 Å². The van der Waals surface area contributed by atoms with Gasteiger partial charge in [0.2, 0.25) is 0 Å². The normalized spacial score (nSPS) is 12.6. The number of rotatable bonds is 4. The van der Waals surface area contributed by atoms with Gasteiger partial charge < -0.3 is 15.7 Å². The fourth-order valence-electron chi connectivity index (χ4n) is 1.71. The molecule has 0 aliphatic carbocycles. The summed E-state index contributed by atoms with van der Waals surface area (Å²) in [6.45, 7) is 7.52. The third-order valence-corrected chi connectivity index (χ3v) is 2.96. The molecule has 0 aliphatic heterocycles. The van der Waals surface area contributed by atoms with Crippen molar-refractivity contribution in [3.8, 4) is 0 Å². The lowest BCUT2D eigenvalue weighted by Crippen LogP contribution is -2.52. The van der Waals surface area contributed by atoms with Gasteiger partial charge in [-0.3, -0.25) is 4.98 Å². The summed E-state index contributed by atoms with van der Waals surface area (Å²) in [5, 5.41) is 14.3. The first kappa shape index (κ1) is 15.9. The number of carboxylic acids is 1. The maximum absolute atomic E-state index is 11.8. The number of aryl methyl sites for hydroxylation is 1. The van der Waals surface area contributed by atoms with Crippen molar-refractivity contribution in [3.63, 3.8) is 0 Å². The van der Waals surface area contributed by atoms with Gasteiger partial charge in [-0.25, -0.2) is 9.59 Å². The van der Waals surface area contributed by atoms with Crippen molar-refractivity contribution in [1.82, 2.24) is 15.6 Å². The number of aliphatic carboxylic acids is 1. The lowest BCUT2D eigenvalue weighted by atomic mass is 9.87. The average Bonchev–Trinajstić information content (AvgIpc) is 2.33. The summed E-state index contributed by atoms with van der Waals surface area (Å²) < 4.78 is 0. The Morgan fingerprint density at radius 1 is 1.40 bits per heavy atom. The SMILES string of the molecule is Cc1cnccc1CNC(=O)N[C@@H](C(=O)O)C(C)(C)C. The van der Waals surface area contributed by atoms with E-state index in [2.05, 4.69) is 15.6 Å². The quantitative estimate of drug-likeness (QED) is 0.782. The van der Waals surface area contributed by atoms with Crippen molar-refractivity contribution < 1.29 is 14.7 Å². The van der Waals surface area contributed by atoms with Crippen LogP contribution in [-0.4, -0.2) is 28.1 Å². The van der Waals surface area contributed by atoms with E-state index in [1.807, 2.05) is 13.0 Å². The zero-order valence-corrected chi connectivity index (χ0v) is 12.2. The van der Waals surface area contributed by atoms with E-state index in [1.54, 1.807) is 33.2 Å². The second-order valence-corrected chi connectivity index (χ2v) is 5.77. The Morgan fingerprint density at radius 3 is 2.55 bits per heavy atom. The fraction of sp³-hybridized carbons (Fsp3) is 0.500. The number of amides is 2. The van der Waals surface area contributed by atoms with Crippen LogP contribution in [0.5, 0.6) is 0 Å². The predicted octanol–water partition coefficient (Wildman–Crippen LogP) is 1.69. The molecule has 0 aliphatic rings. The van der Waals surface area contributed by atoms with E-state index in [4.69, 9.17) is 5.11 Å². The Kier molecular flexibility index (Phi) is 5.07.